The number of anilines is 2. The number of nitrogens with zero attached hydrogens (tertiary/aromatic N) is 6. The lowest BCUT2D eigenvalue weighted by Gasteiger charge is -2.28. The number of amides is 1. The second-order valence-electron chi connectivity index (χ2n) is 8.55. The number of benzene rings is 2. The highest BCUT2D eigenvalue weighted by molar-refractivity contribution is 8.00. The Kier molecular flexibility index (Phi) is 8.06. The zero-order chi connectivity index (χ0) is 24.8. The number of carbonyl (C=O) groups is 1. The first kappa shape index (κ1) is 24.8. The minimum atomic E-state index is -0.430. The van der Waals surface area contributed by atoms with Crippen LogP contribution in [0.15, 0.2) is 53.7 Å². The average molecular weight is 491 g/mol. The topological polar surface area (TPSA) is 87.3 Å². The first-order chi connectivity index (χ1) is 17.0. The van der Waals surface area contributed by atoms with Crippen molar-refractivity contribution in [2.45, 2.75) is 37.6 Å². The van der Waals surface area contributed by atoms with Gasteiger partial charge in [-0.1, -0.05) is 41.6 Å². The fraction of sp³-hybridized carbons (Fsp3) is 0.385. The predicted molar refractivity (Wildman–Crippen MR) is 138 cm³/mol. The van der Waals surface area contributed by atoms with Crippen LogP contribution in [0.2, 0.25) is 0 Å². The van der Waals surface area contributed by atoms with Gasteiger partial charge in [-0.05, 0) is 50.6 Å². The Bertz CT molecular complexity index is 1200. The second-order valence-corrected chi connectivity index (χ2v) is 9.86. The molecule has 2 heterocycles. The maximum Gasteiger partial charge on any atom is 0.240 e. The van der Waals surface area contributed by atoms with Gasteiger partial charge in [0.25, 0.3) is 0 Å². The van der Waals surface area contributed by atoms with Crippen molar-refractivity contribution in [3.8, 4) is 11.8 Å². The van der Waals surface area contributed by atoms with E-state index in [1.165, 1.54) is 11.8 Å². The zero-order valence-electron chi connectivity index (χ0n) is 20.3. The van der Waals surface area contributed by atoms with Crippen LogP contribution in [0.5, 0.6) is 0 Å². The zero-order valence-corrected chi connectivity index (χ0v) is 21.2. The van der Waals surface area contributed by atoms with Gasteiger partial charge in [-0.3, -0.25) is 9.36 Å². The summed E-state index contributed by atoms with van der Waals surface area (Å²) >= 11 is 1.38. The van der Waals surface area contributed by atoms with Crippen LogP contribution < -0.4 is 9.80 Å². The molecule has 0 radical (unpaired) electrons. The third kappa shape index (κ3) is 5.84. The Morgan fingerprint density at radius 3 is 2.57 bits per heavy atom. The molecular weight excluding hydrogens is 460 g/mol. The average Bonchev–Trinajstić information content (AvgIpc) is 3.29. The summed E-state index contributed by atoms with van der Waals surface area (Å²) < 4.78 is 7.55. The van der Waals surface area contributed by atoms with Gasteiger partial charge in [0.05, 0.1) is 36.6 Å². The highest BCUT2D eigenvalue weighted by atomic mass is 32.2. The molecule has 9 heteroatoms. The van der Waals surface area contributed by atoms with Crippen molar-refractivity contribution in [3.63, 3.8) is 0 Å². The van der Waals surface area contributed by atoms with Crippen molar-refractivity contribution in [3.05, 3.63) is 59.7 Å². The molecule has 1 aromatic heterocycles. The van der Waals surface area contributed by atoms with E-state index in [0.717, 1.165) is 41.5 Å². The van der Waals surface area contributed by atoms with E-state index in [1.807, 2.05) is 54.8 Å². The summed E-state index contributed by atoms with van der Waals surface area (Å²) in [5, 5.41) is 18.4. The molecule has 1 saturated heterocycles. The van der Waals surface area contributed by atoms with E-state index >= 15 is 0 Å². The van der Waals surface area contributed by atoms with Crippen LogP contribution in [-0.4, -0.2) is 58.8 Å². The van der Waals surface area contributed by atoms with E-state index in [1.54, 1.807) is 4.90 Å². The molecule has 35 heavy (non-hydrogen) atoms. The molecule has 182 valence electrons. The van der Waals surface area contributed by atoms with E-state index in [2.05, 4.69) is 40.2 Å². The van der Waals surface area contributed by atoms with Gasteiger partial charge in [-0.15, -0.1) is 10.2 Å². The van der Waals surface area contributed by atoms with Crippen molar-refractivity contribution < 1.29 is 9.53 Å². The molecule has 0 saturated carbocycles. The number of thioether (sulfide) groups is 1. The van der Waals surface area contributed by atoms with E-state index in [0.29, 0.717) is 24.9 Å². The summed E-state index contributed by atoms with van der Waals surface area (Å²) in [6.45, 7) is 9.03. The van der Waals surface area contributed by atoms with Crippen LogP contribution in [0.4, 0.5) is 11.6 Å². The number of aromatic nitrogens is 3. The largest absolute Gasteiger partial charge is 0.378 e. The lowest BCUT2D eigenvalue weighted by molar-refractivity contribution is -0.117. The summed E-state index contributed by atoms with van der Waals surface area (Å²) in [7, 11) is 0. The van der Waals surface area contributed by atoms with Gasteiger partial charge in [0.2, 0.25) is 11.9 Å². The van der Waals surface area contributed by atoms with Gasteiger partial charge in [-0.25, -0.2) is 0 Å². The standard InChI is InChI=1S/C26H30N6O2S/c1-19-8-10-22(11-9-19)31(13-5-12-27)24(33)21(3)35-26-29-28-25(30-14-16-34-17-15-30)32(26)23-7-4-6-20(2)18-23/h4,6-11,18,21H,5,13-17H2,1-3H3. The summed E-state index contributed by atoms with van der Waals surface area (Å²) in [6, 6.07) is 18.1. The van der Waals surface area contributed by atoms with Crippen LogP contribution >= 0.6 is 11.8 Å². The minimum Gasteiger partial charge on any atom is -0.378 e. The summed E-state index contributed by atoms with van der Waals surface area (Å²) in [5.74, 6) is 0.682. The first-order valence-electron chi connectivity index (χ1n) is 11.7. The number of nitriles is 1. The number of morpholine rings is 1. The summed E-state index contributed by atoms with van der Waals surface area (Å²) in [4.78, 5) is 17.4. The van der Waals surface area contributed by atoms with E-state index in [4.69, 9.17) is 10.00 Å². The number of ether oxygens (including phenoxy) is 1. The number of hydrogen-bond acceptors (Lipinski definition) is 7. The summed E-state index contributed by atoms with van der Waals surface area (Å²) in [6.07, 6.45) is 0.262. The number of aryl methyl sites for hydroxylation is 2. The molecule has 8 nitrogen and oxygen atoms in total. The number of carbonyl (C=O) groups excluding carboxylic acids is 1. The third-order valence-corrected chi connectivity index (χ3v) is 6.89. The SMILES string of the molecule is Cc1ccc(N(CCC#N)C(=O)C(C)Sc2nnc(N3CCOCC3)n2-c2cccc(C)c2)cc1. The molecule has 0 spiro atoms. The Labute approximate surface area is 210 Å². The quantitative estimate of drug-likeness (QED) is 0.439. The normalized spacial score (nSPS) is 14.4. The lowest BCUT2D eigenvalue weighted by Crippen LogP contribution is -2.38. The Morgan fingerprint density at radius 2 is 1.89 bits per heavy atom. The Balaban J connectivity index is 1.64. The third-order valence-electron chi connectivity index (χ3n) is 5.86. The van der Waals surface area contributed by atoms with Gasteiger partial charge in [0.15, 0.2) is 5.16 Å². The van der Waals surface area contributed by atoms with E-state index in [-0.39, 0.29) is 12.3 Å². The van der Waals surface area contributed by atoms with Crippen LogP contribution in [0, 0.1) is 25.2 Å². The molecule has 3 aromatic rings. The fourth-order valence-corrected chi connectivity index (χ4v) is 4.91. The fourth-order valence-electron chi connectivity index (χ4n) is 3.98. The van der Waals surface area contributed by atoms with Crippen LogP contribution in [-0.2, 0) is 9.53 Å². The molecule has 1 aliphatic heterocycles. The predicted octanol–water partition coefficient (Wildman–Crippen LogP) is 4.15. The molecule has 0 N–H and O–H groups in total. The van der Waals surface area contributed by atoms with Crippen molar-refractivity contribution in [1.82, 2.24) is 14.8 Å². The van der Waals surface area contributed by atoms with Crippen LogP contribution in [0.1, 0.15) is 24.5 Å². The molecule has 2 aromatic carbocycles. The van der Waals surface area contributed by atoms with Gasteiger partial charge in [0.1, 0.15) is 0 Å². The highest BCUT2D eigenvalue weighted by Crippen LogP contribution is 2.31. The molecule has 0 aliphatic carbocycles. The molecule has 4 rings (SSSR count). The highest BCUT2D eigenvalue weighted by Gasteiger charge is 2.27. The van der Waals surface area contributed by atoms with Crippen molar-refractivity contribution in [2.75, 3.05) is 42.6 Å². The molecule has 0 bridgehead atoms. The van der Waals surface area contributed by atoms with Crippen LogP contribution in [0.3, 0.4) is 0 Å². The van der Waals surface area contributed by atoms with Gasteiger partial charge in [-0.2, -0.15) is 5.26 Å². The van der Waals surface area contributed by atoms with Crippen molar-refractivity contribution >= 4 is 29.3 Å². The van der Waals surface area contributed by atoms with Crippen LogP contribution in [0.25, 0.3) is 5.69 Å². The molecule has 1 atom stereocenters. The Hall–Kier alpha value is -3.35. The maximum absolute atomic E-state index is 13.6. The Morgan fingerprint density at radius 1 is 1.14 bits per heavy atom. The molecule has 1 unspecified atom stereocenters. The molecule has 1 fully saturated rings. The van der Waals surface area contributed by atoms with Crippen molar-refractivity contribution in [2.24, 2.45) is 0 Å². The molecular formula is C26H30N6O2S. The maximum atomic E-state index is 13.6. The van der Waals surface area contributed by atoms with Gasteiger partial charge in [0, 0.05) is 25.3 Å². The smallest absolute Gasteiger partial charge is 0.240 e. The van der Waals surface area contributed by atoms with Crippen molar-refractivity contribution in [1.29, 1.82) is 5.26 Å². The monoisotopic (exact) mass is 490 g/mol. The molecule has 1 amide bonds. The first-order valence-corrected chi connectivity index (χ1v) is 12.6. The van der Waals surface area contributed by atoms with E-state index < -0.39 is 5.25 Å². The van der Waals surface area contributed by atoms with Gasteiger partial charge < -0.3 is 14.5 Å². The minimum absolute atomic E-state index is 0.0687. The number of rotatable bonds is 8. The molecule has 1 aliphatic rings. The second kappa shape index (κ2) is 11.4. The van der Waals surface area contributed by atoms with Gasteiger partial charge >= 0.3 is 0 Å². The lowest BCUT2D eigenvalue weighted by atomic mass is 10.2. The summed E-state index contributed by atoms with van der Waals surface area (Å²) in [5.41, 5.74) is 3.99. The number of hydrogen-bond donors (Lipinski definition) is 0. The van der Waals surface area contributed by atoms with E-state index in [9.17, 15) is 4.79 Å².